The minimum absolute atomic E-state index is 0.0182. The topological polar surface area (TPSA) is 47.2 Å². The molecule has 3 rings (SSSR count). The molecule has 20 heavy (non-hydrogen) atoms. The molecule has 1 N–H and O–H groups in total. The van der Waals surface area contributed by atoms with Crippen LogP contribution in [0.5, 0.6) is 0 Å². The number of nitrogens with zero attached hydrogens (tertiary/aromatic N) is 2. The van der Waals surface area contributed by atoms with Gasteiger partial charge in [-0.15, -0.1) is 0 Å². The predicted octanol–water partition coefficient (Wildman–Crippen LogP) is 2.34. The van der Waals surface area contributed by atoms with Crippen molar-refractivity contribution in [2.45, 2.75) is 45.4 Å². The molecule has 1 fully saturated rings. The van der Waals surface area contributed by atoms with Gasteiger partial charge in [0.1, 0.15) is 0 Å². The quantitative estimate of drug-likeness (QED) is 0.928. The summed E-state index contributed by atoms with van der Waals surface area (Å²) in [7, 11) is 0. The first-order valence-corrected chi connectivity index (χ1v) is 7.09. The smallest absolute Gasteiger partial charge is 0.328 e. The first-order chi connectivity index (χ1) is 9.56. The van der Waals surface area contributed by atoms with E-state index in [9.17, 15) is 9.90 Å². The maximum absolute atomic E-state index is 12.2. The Morgan fingerprint density at radius 2 is 2.00 bits per heavy atom. The zero-order valence-electron chi connectivity index (χ0n) is 11.9. The van der Waals surface area contributed by atoms with Gasteiger partial charge in [-0.05, 0) is 43.4 Å². The first-order valence-electron chi connectivity index (χ1n) is 7.09. The third-order valence-electron chi connectivity index (χ3n) is 4.10. The van der Waals surface area contributed by atoms with Crippen LogP contribution in [0.25, 0.3) is 0 Å². The fraction of sp³-hybridized carbons (Fsp3) is 0.438. The second-order valence-corrected chi connectivity index (χ2v) is 5.73. The standard InChI is InChI=1S/C16H20N2O2/c1-11-3-4-13(9-12(11)2)15(19)10-17-7-8-18(16(17)20)14-5-6-14/h3-4,7-9,14-15,19H,5-6,10H2,1-2H3. The molecule has 0 saturated heterocycles. The van der Waals surface area contributed by atoms with Gasteiger partial charge >= 0.3 is 5.69 Å². The molecule has 0 aliphatic heterocycles. The highest BCUT2D eigenvalue weighted by molar-refractivity contribution is 5.31. The van der Waals surface area contributed by atoms with Crippen LogP contribution in [0.4, 0.5) is 0 Å². The normalized spacial score (nSPS) is 16.4. The SMILES string of the molecule is Cc1ccc(C(O)Cn2ccn(C3CC3)c2=O)cc1C. The lowest BCUT2D eigenvalue weighted by molar-refractivity contribution is 0.155. The zero-order chi connectivity index (χ0) is 14.3. The van der Waals surface area contributed by atoms with Crippen LogP contribution in [-0.4, -0.2) is 14.2 Å². The number of aliphatic hydroxyl groups is 1. The lowest BCUT2D eigenvalue weighted by atomic mass is 10.0. The van der Waals surface area contributed by atoms with Gasteiger partial charge in [-0.1, -0.05) is 18.2 Å². The third-order valence-corrected chi connectivity index (χ3v) is 4.10. The van der Waals surface area contributed by atoms with E-state index in [4.69, 9.17) is 0 Å². The van der Waals surface area contributed by atoms with Gasteiger partial charge in [0.05, 0.1) is 12.6 Å². The Hall–Kier alpha value is -1.81. The van der Waals surface area contributed by atoms with Crippen molar-refractivity contribution in [3.05, 3.63) is 57.8 Å². The van der Waals surface area contributed by atoms with E-state index in [2.05, 4.69) is 0 Å². The molecular formula is C16H20N2O2. The maximum atomic E-state index is 12.2. The number of imidazole rings is 1. The summed E-state index contributed by atoms with van der Waals surface area (Å²) in [6, 6.07) is 6.30. The molecule has 106 valence electrons. The van der Waals surface area contributed by atoms with Gasteiger partial charge in [-0.25, -0.2) is 4.79 Å². The van der Waals surface area contributed by atoms with E-state index >= 15 is 0 Å². The van der Waals surface area contributed by atoms with Gasteiger partial charge in [0.25, 0.3) is 0 Å². The van der Waals surface area contributed by atoms with Gasteiger partial charge in [-0.3, -0.25) is 9.13 Å². The van der Waals surface area contributed by atoms with Crippen molar-refractivity contribution in [2.24, 2.45) is 0 Å². The number of aromatic nitrogens is 2. The van der Waals surface area contributed by atoms with Crippen molar-refractivity contribution in [3.8, 4) is 0 Å². The fourth-order valence-corrected chi connectivity index (χ4v) is 2.46. The van der Waals surface area contributed by atoms with Crippen molar-refractivity contribution in [1.82, 2.24) is 9.13 Å². The van der Waals surface area contributed by atoms with E-state index in [1.165, 1.54) is 5.56 Å². The lowest BCUT2D eigenvalue weighted by Crippen LogP contribution is -2.25. The summed E-state index contributed by atoms with van der Waals surface area (Å²) in [5.74, 6) is 0. The van der Waals surface area contributed by atoms with Gasteiger partial charge in [-0.2, -0.15) is 0 Å². The summed E-state index contributed by atoms with van der Waals surface area (Å²) in [5, 5.41) is 10.3. The highest BCUT2D eigenvalue weighted by Crippen LogP contribution is 2.33. The lowest BCUT2D eigenvalue weighted by Gasteiger charge is -2.13. The molecule has 1 atom stereocenters. The van der Waals surface area contributed by atoms with E-state index in [1.807, 2.05) is 38.2 Å². The molecule has 2 aromatic rings. The number of hydrogen-bond donors (Lipinski definition) is 1. The van der Waals surface area contributed by atoms with Crippen LogP contribution >= 0.6 is 0 Å². The molecule has 4 heteroatoms. The minimum Gasteiger partial charge on any atom is -0.387 e. The van der Waals surface area contributed by atoms with Crippen LogP contribution in [0.15, 0.2) is 35.4 Å². The Morgan fingerprint density at radius 3 is 2.65 bits per heavy atom. The van der Waals surface area contributed by atoms with Crippen molar-refractivity contribution in [1.29, 1.82) is 0 Å². The number of hydrogen-bond acceptors (Lipinski definition) is 2. The van der Waals surface area contributed by atoms with Crippen LogP contribution < -0.4 is 5.69 Å². The molecule has 1 aliphatic carbocycles. The van der Waals surface area contributed by atoms with E-state index in [1.54, 1.807) is 15.3 Å². The predicted molar refractivity (Wildman–Crippen MR) is 77.8 cm³/mol. The molecule has 1 aromatic carbocycles. The van der Waals surface area contributed by atoms with Gasteiger partial charge in [0, 0.05) is 18.4 Å². The summed E-state index contributed by atoms with van der Waals surface area (Å²) in [5.41, 5.74) is 3.21. The van der Waals surface area contributed by atoms with Crippen LogP contribution in [0.2, 0.25) is 0 Å². The summed E-state index contributed by atoms with van der Waals surface area (Å²) in [6.45, 7) is 4.38. The van der Waals surface area contributed by atoms with Crippen molar-refractivity contribution < 1.29 is 5.11 Å². The fourth-order valence-electron chi connectivity index (χ4n) is 2.46. The Balaban J connectivity index is 1.79. The Bertz CT molecular complexity index is 680. The van der Waals surface area contributed by atoms with Crippen LogP contribution in [0.3, 0.4) is 0 Å². The van der Waals surface area contributed by atoms with E-state index in [0.717, 1.165) is 24.0 Å². The maximum Gasteiger partial charge on any atom is 0.328 e. The summed E-state index contributed by atoms with van der Waals surface area (Å²) >= 11 is 0. The molecule has 4 nitrogen and oxygen atoms in total. The van der Waals surface area contributed by atoms with E-state index < -0.39 is 6.10 Å². The van der Waals surface area contributed by atoms with E-state index in [-0.39, 0.29) is 5.69 Å². The number of benzene rings is 1. The molecule has 0 spiro atoms. The number of rotatable bonds is 4. The summed E-state index contributed by atoms with van der Waals surface area (Å²) in [4.78, 5) is 12.2. The Morgan fingerprint density at radius 1 is 1.25 bits per heavy atom. The highest BCUT2D eigenvalue weighted by atomic mass is 16.3. The first kappa shape index (κ1) is 13.2. The molecule has 1 saturated carbocycles. The highest BCUT2D eigenvalue weighted by Gasteiger charge is 2.25. The van der Waals surface area contributed by atoms with Crippen LogP contribution in [0, 0.1) is 13.8 Å². The summed E-state index contributed by atoms with van der Waals surface area (Å²) in [6.07, 6.45) is 5.12. The Labute approximate surface area is 118 Å². The molecule has 1 unspecified atom stereocenters. The van der Waals surface area contributed by atoms with Crippen LogP contribution in [0.1, 0.15) is 41.7 Å². The van der Waals surface area contributed by atoms with Crippen molar-refractivity contribution in [3.63, 3.8) is 0 Å². The largest absolute Gasteiger partial charge is 0.387 e. The number of aliphatic hydroxyl groups excluding tert-OH is 1. The third kappa shape index (κ3) is 2.43. The van der Waals surface area contributed by atoms with Gasteiger partial charge < -0.3 is 5.11 Å². The molecule has 0 amide bonds. The monoisotopic (exact) mass is 272 g/mol. The second kappa shape index (κ2) is 4.94. The summed E-state index contributed by atoms with van der Waals surface area (Å²) < 4.78 is 3.37. The van der Waals surface area contributed by atoms with Crippen molar-refractivity contribution >= 4 is 0 Å². The average molecular weight is 272 g/mol. The van der Waals surface area contributed by atoms with Gasteiger partial charge in [0.15, 0.2) is 0 Å². The average Bonchev–Trinajstić information content (AvgIpc) is 3.19. The molecule has 0 bridgehead atoms. The Kier molecular flexibility index (Phi) is 3.26. The second-order valence-electron chi connectivity index (χ2n) is 5.73. The van der Waals surface area contributed by atoms with Crippen molar-refractivity contribution in [2.75, 3.05) is 0 Å². The molecule has 1 heterocycles. The van der Waals surface area contributed by atoms with Crippen LogP contribution in [-0.2, 0) is 6.54 Å². The van der Waals surface area contributed by atoms with Gasteiger partial charge in [0.2, 0.25) is 0 Å². The molecule has 0 radical (unpaired) electrons. The minimum atomic E-state index is -0.651. The molecule has 1 aliphatic rings. The van der Waals surface area contributed by atoms with E-state index in [0.29, 0.717) is 12.6 Å². The molecular weight excluding hydrogens is 252 g/mol. The molecule has 1 aromatic heterocycles. The number of aryl methyl sites for hydroxylation is 2. The zero-order valence-corrected chi connectivity index (χ0v) is 11.9.